The zero-order chi connectivity index (χ0) is 19.3. The minimum Gasteiger partial charge on any atom is -0.490 e. The molecule has 3 N–H and O–H groups in total. The van der Waals surface area contributed by atoms with Crippen molar-refractivity contribution in [1.29, 1.82) is 0 Å². The molecule has 0 amide bonds. The van der Waals surface area contributed by atoms with Gasteiger partial charge >= 0.3 is 0 Å². The van der Waals surface area contributed by atoms with E-state index in [4.69, 9.17) is 9.47 Å². The van der Waals surface area contributed by atoms with E-state index in [1.807, 2.05) is 57.2 Å². The summed E-state index contributed by atoms with van der Waals surface area (Å²) in [5.74, 6) is 1.30. The maximum Gasteiger partial charge on any atom is 0.213 e. The van der Waals surface area contributed by atoms with Crippen molar-refractivity contribution in [2.45, 2.75) is 32.4 Å². The molecule has 0 unspecified atom stereocenters. The van der Waals surface area contributed by atoms with Gasteiger partial charge in [0.25, 0.3) is 0 Å². The van der Waals surface area contributed by atoms with E-state index in [1.54, 1.807) is 6.20 Å². The van der Waals surface area contributed by atoms with Crippen molar-refractivity contribution in [3.8, 4) is 11.6 Å². The Morgan fingerprint density at radius 2 is 2.04 bits per heavy atom. The molecule has 7 nitrogen and oxygen atoms in total. The minimum atomic E-state index is -0.651. The maximum atomic E-state index is 10.3. The number of nitrogens with zero attached hydrogens (tertiary/aromatic N) is 2. The first-order valence-corrected chi connectivity index (χ1v) is 8.98. The first-order chi connectivity index (χ1) is 12.9. The van der Waals surface area contributed by atoms with Crippen molar-refractivity contribution in [2.75, 3.05) is 19.8 Å². The largest absolute Gasteiger partial charge is 0.490 e. The highest BCUT2D eigenvalue weighted by molar-refractivity contribution is 5.87. The van der Waals surface area contributed by atoms with Crippen LogP contribution in [0.25, 0.3) is 10.9 Å². The van der Waals surface area contributed by atoms with Crippen LogP contribution in [0, 0.1) is 6.92 Å². The Hall–Kier alpha value is -2.64. The van der Waals surface area contributed by atoms with Crippen molar-refractivity contribution < 1.29 is 14.6 Å². The third-order valence-electron chi connectivity index (χ3n) is 4.20. The van der Waals surface area contributed by atoms with Crippen LogP contribution in [0.2, 0.25) is 0 Å². The highest BCUT2D eigenvalue weighted by atomic mass is 16.5. The average molecular weight is 370 g/mol. The van der Waals surface area contributed by atoms with Gasteiger partial charge in [-0.2, -0.15) is 5.10 Å². The zero-order valence-electron chi connectivity index (χ0n) is 15.9. The summed E-state index contributed by atoms with van der Waals surface area (Å²) >= 11 is 0. The second-order valence-corrected chi connectivity index (χ2v) is 7.17. The van der Waals surface area contributed by atoms with Crippen molar-refractivity contribution >= 4 is 10.9 Å². The molecule has 0 aliphatic rings. The third kappa shape index (κ3) is 5.18. The van der Waals surface area contributed by atoms with Gasteiger partial charge < -0.3 is 19.9 Å². The van der Waals surface area contributed by atoms with Gasteiger partial charge in [0.05, 0.1) is 16.6 Å². The van der Waals surface area contributed by atoms with Crippen LogP contribution < -0.4 is 14.8 Å². The molecule has 0 aliphatic carbocycles. The Labute approximate surface area is 158 Å². The van der Waals surface area contributed by atoms with Gasteiger partial charge in [0.15, 0.2) is 0 Å². The number of rotatable bonds is 9. The van der Waals surface area contributed by atoms with Gasteiger partial charge in [-0.25, -0.2) is 4.98 Å². The van der Waals surface area contributed by atoms with E-state index in [9.17, 15) is 5.11 Å². The predicted molar refractivity (Wildman–Crippen MR) is 104 cm³/mol. The summed E-state index contributed by atoms with van der Waals surface area (Å²) in [4.78, 5) is 4.14. The molecule has 144 valence electrons. The van der Waals surface area contributed by atoms with Gasteiger partial charge in [0.2, 0.25) is 5.88 Å². The fraction of sp³-hybridized carbons (Fsp3) is 0.400. The van der Waals surface area contributed by atoms with Crippen LogP contribution in [-0.2, 0) is 0 Å². The number of aromatic nitrogens is 3. The lowest BCUT2D eigenvalue weighted by atomic mass is 10.1. The molecule has 3 rings (SSSR count). The van der Waals surface area contributed by atoms with Crippen LogP contribution in [0.15, 0.2) is 42.6 Å². The Kier molecular flexibility index (Phi) is 5.93. The lowest BCUT2D eigenvalue weighted by molar-refractivity contribution is 0.0930. The van der Waals surface area contributed by atoms with Crippen molar-refractivity contribution in [3.63, 3.8) is 0 Å². The molecule has 0 aliphatic heterocycles. The van der Waals surface area contributed by atoms with Crippen LogP contribution in [0.5, 0.6) is 11.6 Å². The van der Waals surface area contributed by atoms with Crippen LogP contribution in [0.1, 0.15) is 19.5 Å². The fourth-order valence-corrected chi connectivity index (χ4v) is 2.69. The maximum absolute atomic E-state index is 10.3. The van der Waals surface area contributed by atoms with E-state index >= 15 is 0 Å². The Morgan fingerprint density at radius 3 is 2.81 bits per heavy atom. The molecule has 7 heteroatoms. The number of β-amino-alcohol motifs (C(OH)–C–C–N with tert-alkyl or cyclic N) is 1. The number of ether oxygens (including phenoxy) is 2. The number of H-pyrrole nitrogens is 1. The van der Waals surface area contributed by atoms with Gasteiger partial charge in [0, 0.05) is 24.3 Å². The molecule has 1 aromatic carbocycles. The number of benzene rings is 1. The third-order valence-corrected chi connectivity index (χ3v) is 4.20. The molecule has 0 saturated heterocycles. The summed E-state index contributed by atoms with van der Waals surface area (Å²) in [5.41, 5.74) is 1.48. The van der Waals surface area contributed by atoms with Gasteiger partial charge in [-0.05, 0) is 39.0 Å². The molecule has 27 heavy (non-hydrogen) atoms. The summed E-state index contributed by atoms with van der Waals surface area (Å²) in [6.45, 7) is 6.96. The molecule has 0 bridgehead atoms. The molecule has 2 aromatic heterocycles. The monoisotopic (exact) mass is 370 g/mol. The molecule has 0 spiro atoms. The Morgan fingerprint density at radius 1 is 1.19 bits per heavy atom. The number of aryl methyl sites for hydroxylation is 1. The molecular weight excluding hydrogens is 344 g/mol. The summed E-state index contributed by atoms with van der Waals surface area (Å²) < 4.78 is 11.5. The van der Waals surface area contributed by atoms with E-state index in [2.05, 4.69) is 20.5 Å². The Bertz CT molecular complexity index is 864. The second-order valence-electron chi connectivity index (χ2n) is 7.17. The van der Waals surface area contributed by atoms with E-state index in [-0.39, 0.29) is 12.1 Å². The summed E-state index contributed by atoms with van der Waals surface area (Å²) in [7, 11) is 0. The van der Waals surface area contributed by atoms with Crippen LogP contribution >= 0.6 is 0 Å². The lowest BCUT2D eigenvalue weighted by Crippen LogP contribution is -2.48. The smallest absolute Gasteiger partial charge is 0.213 e. The lowest BCUT2D eigenvalue weighted by Gasteiger charge is -2.27. The van der Waals surface area contributed by atoms with Crippen molar-refractivity contribution in [3.05, 3.63) is 48.3 Å². The summed E-state index contributed by atoms with van der Waals surface area (Å²) in [6, 6.07) is 11.3. The minimum absolute atomic E-state index is 0.188. The Balaban J connectivity index is 1.47. The van der Waals surface area contributed by atoms with Gasteiger partial charge in [0.1, 0.15) is 25.1 Å². The molecule has 0 fully saturated rings. The number of fused-ring (bicyclic) bond motifs is 1. The van der Waals surface area contributed by atoms with Crippen LogP contribution in [0.4, 0.5) is 0 Å². The van der Waals surface area contributed by atoms with E-state index in [1.165, 1.54) is 0 Å². The highest BCUT2D eigenvalue weighted by Crippen LogP contribution is 2.26. The van der Waals surface area contributed by atoms with Crippen molar-refractivity contribution in [2.24, 2.45) is 0 Å². The number of aliphatic hydroxyl groups is 1. The molecule has 0 saturated carbocycles. The SMILES string of the molecule is Cc1n[nH]c2cccc(OC[C@@H](O)CNC(C)(C)COc3ccccn3)c12. The number of aliphatic hydroxyl groups excluding tert-OH is 1. The van der Waals surface area contributed by atoms with E-state index in [0.717, 1.165) is 22.3 Å². The number of hydrogen-bond acceptors (Lipinski definition) is 6. The number of aromatic amines is 1. The summed E-state index contributed by atoms with van der Waals surface area (Å²) in [6.07, 6.45) is 1.04. The molecule has 0 radical (unpaired) electrons. The van der Waals surface area contributed by atoms with Gasteiger partial charge in [-0.15, -0.1) is 0 Å². The van der Waals surface area contributed by atoms with Crippen molar-refractivity contribution in [1.82, 2.24) is 20.5 Å². The van der Waals surface area contributed by atoms with Gasteiger partial charge in [-0.1, -0.05) is 12.1 Å². The van der Waals surface area contributed by atoms with Crippen LogP contribution in [0.3, 0.4) is 0 Å². The normalized spacial score (nSPS) is 12.9. The first-order valence-electron chi connectivity index (χ1n) is 8.98. The second kappa shape index (κ2) is 8.37. The topological polar surface area (TPSA) is 92.3 Å². The van der Waals surface area contributed by atoms with Crippen LogP contribution in [-0.4, -0.2) is 51.7 Å². The molecule has 3 aromatic rings. The average Bonchev–Trinajstić information content (AvgIpc) is 3.06. The highest BCUT2D eigenvalue weighted by Gasteiger charge is 2.20. The molecule has 2 heterocycles. The van der Waals surface area contributed by atoms with Gasteiger partial charge in [-0.3, -0.25) is 5.10 Å². The predicted octanol–water partition coefficient (Wildman–Crippen LogP) is 2.45. The summed E-state index contributed by atoms with van der Waals surface area (Å²) in [5, 5.41) is 21.7. The molecule has 1 atom stereocenters. The number of pyridine rings is 1. The zero-order valence-corrected chi connectivity index (χ0v) is 15.9. The number of nitrogens with one attached hydrogen (secondary N) is 2. The van der Waals surface area contributed by atoms with E-state index in [0.29, 0.717) is 19.0 Å². The quantitative estimate of drug-likeness (QED) is 0.536. The standard InChI is InChI=1S/C20H26N4O3/c1-14-19-16(24-23-14)7-6-8-17(19)26-12-15(25)11-22-20(2,3)13-27-18-9-4-5-10-21-18/h4-10,15,22,25H,11-13H2,1-3H3,(H,23,24)/t15-/m0/s1. The first kappa shape index (κ1) is 19.1. The molecular formula is C20H26N4O3. The van der Waals surface area contributed by atoms with E-state index < -0.39 is 6.10 Å². The number of hydrogen-bond donors (Lipinski definition) is 3. The fourth-order valence-electron chi connectivity index (χ4n) is 2.69.